The Bertz CT molecular complexity index is 370. The van der Waals surface area contributed by atoms with E-state index in [9.17, 15) is 0 Å². The van der Waals surface area contributed by atoms with Gasteiger partial charge in [-0.3, -0.25) is 0 Å². The van der Waals surface area contributed by atoms with Crippen LogP contribution in [0.1, 0.15) is 11.1 Å². The van der Waals surface area contributed by atoms with Crippen molar-refractivity contribution in [3.63, 3.8) is 0 Å². The minimum Gasteiger partial charge on any atom is -0.395 e. The molecule has 0 fully saturated rings. The fourth-order valence-electron chi connectivity index (χ4n) is 1.30. The molecule has 0 amide bonds. The molecule has 0 spiro atoms. The first-order chi connectivity index (χ1) is 7.04. The van der Waals surface area contributed by atoms with E-state index in [1.165, 1.54) is 0 Å². The summed E-state index contributed by atoms with van der Waals surface area (Å²) in [6.07, 6.45) is 0.528. The van der Waals surface area contributed by atoms with Gasteiger partial charge in [-0.1, -0.05) is 29.9 Å². The second kappa shape index (κ2) is 5.42. The first-order valence-corrected chi connectivity index (χ1v) is 5.28. The molecule has 1 aromatic rings. The van der Waals surface area contributed by atoms with Crippen LogP contribution in [0.3, 0.4) is 0 Å². The smallest absolute Gasteiger partial charge is 0.104 e. The molecule has 0 heterocycles. The highest BCUT2D eigenvalue weighted by Gasteiger charge is 2.09. The molecular formula is C10H13ClN2OS. The van der Waals surface area contributed by atoms with Crippen LogP contribution in [0.25, 0.3) is 0 Å². The number of halogens is 1. The Hall–Kier alpha value is -0.680. The molecule has 0 bridgehead atoms. The Morgan fingerprint density at radius 3 is 2.73 bits per heavy atom. The van der Waals surface area contributed by atoms with Crippen LogP contribution in [0.2, 0.25) is 5.02 Å². The van der Waals surface area contributed by atoms with Crippen LogP contribution in [0.4, 0.5) is 0 Å². The van der Waals surface area contributed by atoms with Crippen molar-refractivity contribution in [1.29, 1.82) is 0 Å². The van der Waals surface area contributed by atoms with Crippen molar-refractivity contribution in [3.05, 3.63) is 34.3 Å². The minimum absolute atomic E-state index is 0.0700. The molecule has 0 aromatic heterocycles. The summed E-state index contributed by atoms with van der Waals surface area (Å²) in [5, 5.41) is 9.45. The summed E-state index contributed by atoms with van der Waals surface area (Å²) in [6, 6.07) is 4.98. The van der Waals surface area contributed by atoms with Crippen LogP contribution in [-0.2, 0) is 6.42 Å². The van der Waals surface area contributed by atoms with Crippen molar-refractivity contribution in [2.75, 3.05) is 6.61 Å². The lowest BCUT2D eigenvalue weighted by atomic mass is 10.0. The van der Waals surface area contributed by atoms with E-state index in [0.29, 0.717) is 11.4 Å². The average molecular weight is 245 g/mol. The highest BCUT2D eigenvalue weighted by atomic mass is 35.5. The molecule has 5 N–H and O–H groups in total. The van der Waals surface area contributed by atoms with Gasteiger partial charge in [0.2, 0.25) is 0 Å². The molecule has 3 nitrogen and oxygen atoms in total. The maximum Gasteiger partial charge on any atom is 0.104 e. The summed E-state index contributed by atoms with van der Waals surface area (Å²) in [6.45, 7) is -0.0700. The van der Waals surface area contributed by atoms with Crippen molar-refractivity contribution in [3.8, 4) is 0 Å². The molecular weight excluding hydrogens is 232 g/mol. The van der Waals surface area contributed by atoms with Crippen molar-refractivity contribution in [1.82, 2.24) is 0 Å². The third-order valence-electron chi connectivity index (χ3n) is 2.05. The van der Waals surface area contributed by atoms with Crippen molar-refractivity contribution in [2.24, 2.45) is 11.5 Å². The molecule has 1 atom stereocenters. The molecule has 0 aliphatic heterocycles. The molecule has 0 radical (unpaired) electrons. The Balaban J connectivity index is 3.01. The fraction of sp³-hybridized carbons (Fsp3) is 0.300. The zero-order chi connectivity index (χ0) is 11.4. The van der Waals surface area contributed by atoms with E-state index in [1.54, 1.807) is 12.1 Å². The van der Waals surface area contributed by atoms with E-state index < -0.39 is 0 Å². The van der Waals surface area contributed by atoms with Gasteiger partial charge in [0, 0.05) is 16.6 Å². The fourth-order valence-corrected chi connectivity index (χ4v) is 1.67. The monoisotopic (exact) mass is 244 g/mol. The second-order valence-corrected chi connectivity index (χ2v) is 4.19. The normalized spacial score (nSPS) is 12.5. The first-order valence-electron chi connectivity index (χ1n) is 4.49. The van der Waals surface area contributed by atoms with Crippen LogP contribution in [0.15, 0.2) is 18.2 Å². The number of nitrogens with two attached hydrogens (primary N) is 2. The Labute approximate surface area is 99.0 Å². The number of aliphatic hydroxyl groups is 1. The number of aliphatic hydroxyl groups excluding tert-OH is 1. The Kier molecular flexibility index (Phi) is 4.47. The minimum atomic E-state index is -0.306. The maximum absolute atomic E-state index is 8.87. The highest BCUT2D eigenvalue weighted by Crippen LogP contribution is 2.17. The molecule has 0 saturated carbocycles. The molecule has 0 aliphatic carbocycles. The molecule has 0 saturated heterocycles. The summed E-state index contributed by atoms with van der Waals surface area (Å²) in [5.74, 6) is 0. The molecule has 82 valence electrons. The van der Waals surface area contributed by atoms with E-state index in [0.717, 1.165) is 11.1 Å². The lowest BCUT2D eigenvalue weighted by Crippen LogP contribution is -2.28. The highest BCUT2D eigenvalue weighted by molar-refractivity contribution is 7.80. The zero-order valence-corrected chi connectivity index (χ0v) is 9.68. The predicted molar refractivity (Wildman–Crippen MR) is 66.1 cm³/mol. The third kappa shape index (κ3) is 3.43. The lowest BCUT2D eigenvalue weighted by molar-refractivity contribution is 0.265. The number of hydrogen-bond acceptors (Lipinski definition) is 3. The molecule has 0 aliphatic rings. The quantitative estimate of drug-likeness (QED) is 0.687. The summed E-state index contributed by atoms with van der Waals surface area (Å²) < 4.78 is 0. The van der Waals surface area contributed by atoms with Gasteiger partial charge in [-0.25, -0.2) is 0 Å². The van der Waals surface area contributed by atoms with Crippen LogP contribution in [-0.4, -0.2) is 22.7 Å². The van der Waals surface area contributed by atoms with E-state index >= 15 is 0 Å². The number of hydrogen-bond donors (Lipinski definition) is 3. The Morgan fingerprint density at radius 2 is 2.20 bits per heavy atom. The topological polar surface area (TPSA) is 72.3 Å². The predicted octanol–water partition coefficient (Wildman–Crippen LogP) is 0.836. The molecule has 15 heavy (non-hydrogen) atoms. The van der Waals surface area contributed by atoms with Crippen molar-refractivity contribution >= 4 is 28.8 Å². The molecule has 1 rings (SSSR count). The number of thiocarbonyl (C=S) groups is 1. The van der Waals surface area contributed by atoms with Crippen molar-refractivity contribution in [2.45, 2.75) is 12.5 Å². The van der Waals surface area contributed by atoms with Gasteiger partial charge in [0.05, 0.1) is 6.61 Å². The van der Waals surface area contributed by atoms with E-state index in [1.807, 2.05) is 6.07 Å². The van der Waals surface area contributed by atoms with Crippen LogP contribution < -0.4 is 11.5 Å². The van der Waals surface area contributed by atoms with E-state index in [-0.39, 0.29) is 17.6 Å². The summed E-state index contributed by atoms with van der Waals surface area (Å²) >= 11 is 10.7. The van der Waals surface area contributed by atoms with Gasteiger partial charge in [-0.2, -0.15) is 0 Å². The summed E-state index contributed by atoms with van der Waals surface area (Å²) in [7, 11) is 0. The maximum atomic E-state index is 8.87. The van der Waals surface area contributed by atoms with Crippen LogP contribution >= 0.6 is 23.8 Å². The molecule has 1 aromatic carbocycles. The largest absolute Gasteiger partial charge is 0.395 e. The first kappa shape index (κ1) is 12.4. The summed E-state index contributed by atoms with van der Waals surface area (Å²) in [4.78, 5) is 0.289. The summed E-state index contributed by atoms with van der Waals surface area (Å²) in [5.41, 5.74) is 12.8. The van der Waals surface area contributed by atoms with Crippen LogP contribution in [0.5, 0.6) is 0 Å². The SMILES string of the molecule is NC(=S)c1cc(Cl)ccc1C[C@H](N)CO. The number of benzene rings is 1. The van der Waals surface area contributed by atoms with Crippen molar-refractivity contribution < 1.29 is 5.11 Å². The average Bonchev–Trinajstić information content (AvgIpc) is 2.20. The zero-order valence-electron chi connectivity index (χ0n) is 8.11. The second-order valence-electron chi connectivity index (χ2n) is 3.31. The van der Waals surface area contributed by atoms with Crippen LogP contribution in [0, 0.1) is 0 Å². The van der Waals surface area contributed by atoms with Gasteiger partial charge in [0.15, 0.2) is 0 Å². The van der Waals surface area contributed by atoms with E-state index in [4.69, 9.17) is 40.4 Å². The Morgan fingerprint density at radius 1 is 1.53 bits per heavy atom. The number of rotatable bonds is 4. The van der Waals surface area contributed by atoms with Gasteiger partial charge in [0.25, 0.3) is 0 Å². The lowest BCUT2D eigenvalue weighted by Gasteiger charge is -2.12. The van der Waals surface area contributed by atoms with Gasteiger partial charge in [-0.05, 0) is 24.1 Å². The van der Waals surface area contributed by atoms with Gasteiger partial charge < -0.3 is 16.6 Å². The van der Waals surface area contributed by atoms with E-state index in [2.05, 4.69) is 0 Å². The standard InChI is InChI=1S/C10H13ClN2OS/c11-7-2-1-6(3-8(12)5-14)9(4-7)10(13)15/h1-2,4,8,14H,3,5,12H2,(H2,13,15)/t8-/m0/s1. The molecule has 5 heteroatoms. The van der Waals surface area contributed by atoms with Gasteiger partial charge >= 0.3 is 0 Å². The van der Waals surface area contributed by atoms with Gasteiger partial charge in [-0.15, -0.1) is 0 Å². The molecule has 0 unspecified atom stereocenters. The third-order valence-corrected chi connectivity index (χ3v) is 2.51. The van der Waals surface area contributed by atoms with Gasteiger partial charge in [0.1, 0.15) is 4.99 Å².